The lowest BCUT2D eigenvalue weighted by molar-refractivity contribution is -0.857. The highest BCUT2D eigenvalue weighted by molar-refractivity contribution is 6.46. The van der Waals surface area contributed by atoms with Gasteiger partial charge in [-0.2, -0.15) is 0 Å². The minimum atomic E-state index is -0.982. The fraction of sp³-hybridized carbons (Fsp3) is 0.333. The normalized spacial score (nSPS) is 22.2. The van der Waals surface area contributed by atoms with Crippen LogP contribution in [0.1, 0.15) is 29.7 Å². The van der Waals surface area contributed by atoms with Crippen LogP contribution >= 0.6 is 0 Å². The number of carbonyl (C=O) groups excluding carboxylic acids is 2. The number of Topliss-reactive ketones (excluding diaryl/α,β-unsaturated/α-hetero) is 1. The lowest BCUT2D eigenvalue weighted by atomic mass is 9.94. The van der Waals surface area contributed by atoms with E-state index in [2.05, 4.69) is 0 Å². The van der Waals surface area contributed by atoms with E-state index < -0.39 is 23.5 Å². The first-order valence-corrected chi connectivity index (χ1v) is 10.4. The number of hydrogen-bond donors (Lipinski definition) is 2. The van der Waals surface area contributed by atoms with Crippen molar-refractivity contribution in [2.75, 3.05) is 27.2 Å². The molecule has 2 aliphatic heterocycles. The van der Waals surface area contributed by atoms with E-state index in [0.717, 1.165) is 16.2 Å². The SMILES string of the molecule is C[C@@H]1Cc2cc(/C(O)=C3\C(=O)C(=O)N(CC[NH+](C)C)[C@H]3c3ccccc3F)ccc2O1. The monoisotopic (exact) mass is 425 g/mol. The van der Waals surface area contributed by atoms with Crippen molar-refractivity contribution in [1.82, 2.24) is 4.90 Å². The number of amides is 1. The predicted molar refractivity (Wildman–Crippen MR) is 113 cm³/mol. The maximum absolute atomic E-state index is 14.8. The first-order valence-electron chi connectivity index (χ1n) is 10.4. The number of likely N-dealkylation sites (tertiary alicyclic amines) is 1. The summed E-state index contributed by atoms with van der Waals surface area (Å²) in [6.45, 7) is 2.79. The van der Waals surface area contributed by atoms with Crippen LogP contribution in [-0.2, 0) is 16.0 Å². The summed E-state index contributed by atoms with van der Waals surface area (Å²) < 4.78 is 20.5. The van der Waals surface area contributed by atoms with Crippen molar-refractivity contribution in [2.24, 2.45) is 0 Å². The Labute approximate surface area is 180 Å². The Balaban J connectivity index is 1.84. The number of aliphatic hydroxyl groups is 1. The quantitative estimate of drug-likeness (QED) is 0.435. The second kappa shape index (κ2) is 8.15. The minimum Gasteiger partial charge on any atom is -0.507 e. The summed E-state index contributed by atoms with van der Waals surface area (Å²) in [5.41, 5.74) is 1.43. The van der Waals surface area contributed by atoms with Crippen LogP contribution in [0.4, 0.5) is 4.39 Å². The molecule has 0 saturated carbocycles. The first kappa shape index (κ1) is 21.1. The molecule has 0 unspecified atom stereocenters. The Morgan fingerprint density at radius 1 is 1.23 bits per heavy atom. The van der Waals surface area contributed by atoms with Gasteiger partial charge in [-0.05, 0) is 36.8 Å². The number of nitrogens with one attached hydrogen (secondary N) is 1. The summed E-state index contributed by atoms with van der Waals surface area (Å²) >= 11 is 0. The van der Waals surface area contributed by atoms with E-state index in [4.69, 9.17) is 4.74 Å². The second-order valence-corrected chi connectivity index (χ2v) is 8.43. The van der Waals surface area contributed by atoms with Crippen LogP contribution in [0.15, 0.2) is 48.0 Å². The molecule has 2 atom stereocenters. The van der Waals surface area contributed by atoms with Crippen molar-refractivity contribution in [3.8, 4) is 5.75 Å². The average molecular weight is 425 g/mol. The largest absolute Gasteiger partial charge is 0.507 e. The standard InChI is InChI=1S/C24H25FN2O4/c1-14-12-16-13-15(8-9-19(16)31-14)22(28)20-21(17-6-4-5-7-18(17)25)27(11-10-26(2)3)24(30)23(20)29/h4-9,13-14,21,28H,10-12H2,1-3H3/p+1/b22-20+/t14-,21+/m1/s1. The molecule has 2 aromatic carbocycles. The van der Waals surface area contributed by atoms with Gasteiger partial charge in [0.1, 0.15) is 23.4 Å². The molecule has 1 saturated heterocycles. The maximum Gasteiger partial charge on any atom is 0.295 e. The topological polar surface area (TPSA) is 71.3 Å². The molecule has 0 bridgehead atoms. The zero-order valence-corrected chi connectivity index (χ0v) is 17.8. The van der Waals surface area contributed by atoms with Gasteiger partial charge in [0, 0.05) is 17.5 Å². The van der Waals surface area contributed by atoms with Crippen LogP contribution < -0.4 is 9.64 Å². The van der Waals surface area contributed by atoms with Crippen molar-refractivity contribution in [3.63, 3.8) is 0 Å². The number of aliphatic hydroxyl groups excluding tert-OH is 1. The van der Waals surface area contributed by atoms with Gasteiger partial charge in [0.2, 0.25) is 0 Å². The highest BCUT2D eigenvalue weighted by Gasteiger charge is 2.47. The Kier molecular flexibility index (Phi) is 5.54. The van der Waals surface area contributed by atoms with Crippen molar-refractivity contribution >= 4 is 17.4 Å². The Hall–Kier alpha value is -3.19. The number of ether oxygens (including phenoxy) is 1. The van der Waals surface area contributed by atoms with Gasteiger partial charge in [-0.25, -0.2) is 4.39 Å². The van der Waals surface area contributed by atoms with Crippen LogP contribution in [0.3, 0.4) is 0 Å². The molecule has 31 heavy (non-hydrogen) atoms. The van der Waals surface area contributed by atoms with E-state index in [1.54, 1.807) is 36.4 Å². The van der Waals surface area contributed by atoms with Gasteiger partial charge in [-0.15, -0.1) is 0 Å². The van der Waals surface area contributed by atoms with Gasteiger partial charge in [-0.1, -0.05) is 18.2 Å². The fourth-order valence-electron chi connectivity index (χ4n) is 4.20. The number of ketones is 1. The number of hydrogen-bond acceptors (Lipinski definition) is 4. The number of halogens is 1. The van der Waals surface area contributed by atoms with Crippen molar-refractivity contribution in [1.29, 1.82) is 0 Å². The third kappa shape index (κ3) is 3.81. The summed E-state index contributed by atoms with van der Waals surface area (Å²) in [5, 5.41) is 11.1. The first-order chi connectivity index (χ1) is 14.8. The third-order valence-electron chi connectivity index (χ3n) is 5.76. The van der Waals surface area contributed by atoms with Gasteiger partial charge < -0.3 is 19.6 Å². The molecule has 7 heteroatoms. The van der Waals surface area contributed by atoms with E-state index in [1.165, 1.54) is 11.0 Å². The maximum atomic E-state index is 14.8. The van der Waals surface area contributed by atoms with E-state index in [9.17, 15) is 19.1 Å². The van der Waals surface area contributed by atoms with E-state index in [-0.39, 0.29) is 29.5 Å². The average Bonchev–Trinajstić information content (AvgIpc) is 3.22. The van der Waals surface area contributed by atoms with E-state index in [1.807, 2.05) is 21.0 Å². The molecule has 1 amide bonds. The minimum absolute atomic E-state index is 0.0323. The van der Waals surface area contributed by atoms with Crippen LogP contribution in [0.25, 0.3) is 5.76 Å². The van der Waals surface area contributed by atoms with E-state index in [0.29, 0.717) is 18.5 Å². The molecule has 2 heterocycles. The molecule has 6 nitrogen and oxygen atoms in total. The summed E-state index contributed by atoms with van der Waals surface area (Å²) in [7, 11) is 3.87. The Bertz CT molecular complexity index is 1080. The lowest BCUT2D eigenvalue weighted by Crippen LogP contribution is -3.06. The van der Waals surface area contributed by atoms with Crippen LogP contribution in [0, 0.1) is 5.82 Å². The van der Waals surface area contributed by atoms with Gasteiger partial charge in [0.15, 0.2) is 0 Å². The molecule has 2 aliphatic rings. The number of fused-ring (bicyclic) bond motifs is 1. The third-order valence-corrected chi connectivity index (χ3v) is 5.76. The zero-order valence-electron chi connectivity index (χ0n) is 17.8. The summed E-state index contributed by atoms with van der Waals surface area (Å²) in [5.74, 6) is -1.62. The molecule has 0 spiro atoms. The smallest absolute Gasteiger partial charge is 0.295 e. The molecule has 2 aromatic rings. The van der Waals surface area contributed by atoms with Gasteiger partial charge in [0.05, 0.1) is 38.8 Å². The summed E-state index contributed by atoms with van der Waals surface area (Å²) in [6.07, 6.45) is 0.720. The molecular formula is C24H26FN2O4+. The van der Waals surface area contributed by atoms with Crippen molar-refractivity contribution in [3.05, 3.63) is 70.5 Å². The number of quaternary nitrogens is 1. The molecule has 4 rings (SSSR count). The van der Waals surface area contributed by atoms with Gasteiger partial charge in [0.25, 0.3) is 11.7 Å². The van der Waals surface area contributed by atoms with Crippen molar-refractivity contribution in [2.45, 2.75) is 25.5 Å². The molecule has 0 aliphatic carbocycles. The number of benzene rings is 2. The fourth-order valence-corrected chi connectivity index (χ4v) is 4.20. The van der Waals surface area contributed by atoms with Crippen molar-refractivity contribution < 1.29 is 28.7 Å². The molecule has 162 valence electrons. The number of rotatable bonds is 5. The Morgan fingerprint density at radius 3 is 2.68 bits per heavy atom. The summed E-state index contributed by atoms with van der Waals surface area (Å²) in [4.78, 5) is 28.3. The molecule has 1 fully saturated rings. The highest BCUT2D eigenvalue weighted by Crippen LogP contribution is 2.41. The number of nitrogens with zero attached hydrogens (tertiary/aromatic N) is 1. The predicted octanol–water partition coefficient (Wildman–Crippen LogP) is 1.72. The van der Waals surface area contributed by atoms with Crippen LogP contribution in [0.5, 0.6) is 5.75 Å². The summed E-state index contributed by atoms with van der Waals surface area (Å²) in [6, 6.07) is 10.2. The molecule has 0 radical (unpaired) electrons. The van der Waals surface area contributed by atoms with Crippen LogP contribution in [0.2, 0.25) is 0 Å². The Morgan fingerprint density at radius 2 is 1.97 bits per heavy atom. The number of carbonyl (C=O) groups is 2. The highest BCUT2D eigenvalue weighted by atomic mass is 19.1. The molecule has 0 aromatic heterocycles. The zero-order chi connectivity index (χ0) is 22.3. The molecule has 2 N–H and O–H groups in total. The molecular weight excluding hydrogens is 399 g/mol. The second-order valence-electron chi connectivity index (χ2n) is 8.43. The van der Waals surface area contributed by atoms with E-state index >= 15 is 0 Å². The van der Waals surface area contributed by atoms with Crippen LogP contribution in [-0.4, -0.2) is 55.0 Å². The number of likely N-dealkylation sites (N-methyl/N-ethyl adjacent to an activating group) is 1. The van der Waals surface area contributed by atoms with Gasteiger partial charge in [-0.3, -0.25) is 9.59 Å². The lowest BCUT2D eigenvalue weighted by Gasteiger charge is -2.26. The van der Waals surface area contributed by atoms with Gasteiger partial charge >= 0.3 is 0 Å².